The van der Waals surface area contributed by atoms with E-state index in [9.17, 15) is 19.5 Å². The second kappa shape index (κ2) is 6.16. The van der Waals surface area contributed by atoms with Gasteiger partial charge in [-0.15, -0.1) is 0 Å². The quantitative estimate of drug-likeness (QED) is 0.577. The Morgan fingerprint density at radius 2 is 1.83 bits per heavy atom. The fraction of sp³-hybridized carbons (Fsp3) is 0.679. The number of ketones is 1. The Hall–Kier alpha value is -2.45. The Balaban J connectivity index is 1.44. The van der Waals surface area contributed by atoms with Gasteiger partial charge in [0.1, 0.15) is 23.1 Å². The van der Waals surface area contributed by atoms with Crippen molar-refractivity contribution >= 4 is 23.3 Å². The van der Waals surface area contributed by atoms with E-state index in [2.05, 4.69) is 26.1 Å². The number of Topliss-reactive ketones (excluding diaryl/α,β-unsaturated/α-hetero) is 1. The number of hydrogen-bond donors (Lipinski definition) is 2. The number of hydrogen-bond acceptors (Lipinski definition) is 6. The van der Waals surface area contributed by atoms with Crippen LogP contribution in [0.1, 0.15) is 76.2 Å². The van der Waals surface area contributed by atoms with Crippen molar-refractivity contribution in [3.05, 3.63) is 23.3 Å². The van der Waals surface area contributed by atoms with Crippen LogP contribution >= 0.6 is 0 Å². The number of piperidine rings is 2. The third-order valence-corrected chi connectivity index (χ3v) is 11.0. The second-order valence-electron chi connectivity index (χ2n) is 13.6. The van der Waals surface area contributed by atoms with Crippen molar-refractivity contribution < 1.29 is 24.2 Å². The highest BCUT2D eigenvalue weighted by atomic mass is 16.5. The number of piperazine rings is 1. The van der Waals surface area contributed by atoms with Crippen LogP contribution in [0.2, 0.25) is 0 Å². The average Bonchev–Trinajstić information content (AvgIpc) is 3.34. The van der Waals surface area contributed by atoms with Crippen LogP contribution in [-0.4, -0.2) is 69.0 Å². The number of rotatable bonds is 0. The lowest BCUT2D eigenvalue weighted by Gasteiger charge is -2.66. The Bertz CT molecular complexity index is 1290. The molecule has 0 aromatic heterocycles. The second-order valence-corrected chi connectivity index (χ2v) is 13.6. The van der Waals surface area contributed by atoms with Gasteiger partial charge in [-0.3, -0.25) is 19.3 Å². The summed E-state index contributed by atoms with van der Waals surface area (Å²) in [6.07, 6.45) is 1.07. The van der Waals surface area contributed by atoms with Crippen LogP contribution in [0, 0.1) is 17.3 Å². The first-order valence-electron chi connectivity index (χ1n) is 13.2. The lowest BCUT2D eigenvalue weighted by Crippen LogP contribution is -2.82. The van der Waals surface area contributed by atoms with E-state index in [1.165, 1.54) is 0 Å². The first-order valence-corrected chi connectivity index (χ1v) is 13.2. The Kier molecular flexibility index (Phi) is 3.89. The molecule has 8 rings (SSSR count). The highest BCUT2D eigenvalue weighted by molar-refractivity contribution is 6.15. The molecule has 1 aliphatic carbocycles. The monoisotopic (exact) mass is 493 g/mol. The van der Waals surface area contributed by atoms with Crippen molar-refractivity contribution in [3.8, 4) is 5.75 Å². The minimum Gasteiger partial charge on any atom is -0.487 e. The third-order valence-electron chi connectivity index (χ3n) is 11.0. The zero-order chi connectivity index (χ0) is 25.8. The zero-order valence-corrected chi connectivity index (χ0v) is 21.9. The van der Waals surface area contributed by atoms with Crippen molar-refractivity contribution in [2.45, 2.75) is 88.6 Å². The predicted octanol–water partition coefficient (Wildman–Crippen LogP) is 2.68. The van der Waals surface area contributed by atoms with E-state index >= 15 is 0 Å². The average molecular weight is 494 g/mol. The topological polar surface area (TPSA) is 99.2 Å². The lowest BCUT2D eigenvalue weighted by molar-refractivity contribution is -0.241. The van der Waals surface area contributed by atoms with Crippen LogP contribution in [0.25, 0.3) is 0 Å². The number of carbonyl (C=O) groups excluding carboxylic acids is 3. The maximum Gasteiger partial charge on any atom is 0.243 e. The van der Waals surface area contributed by atoms with Crippen molar-refractivity contribution in [2.24, 2.45) is 17.3 Å². The molecule has 2 amide bonds. The smallest absolute Gasteiger partial charge is 0.243 e. The van der Waals surface area contributed by atoms with E-state index in [-0.39, 0.29) is 29.9 Å². The van der Waals surface area contributed by atoms with Gasteiger partial charge in [0.15, 0.2) is 5.78 Å². The van der Waals surface area contributed by atoms with Gasteiger partial charge in [0, 0.05) is 13.6 Å². The number of aliphatic hydroxyl groups excluding tert-OH is 1. The summed E-state index contributed by atoms with van der Waals surface area (Å²) in [6.45, 7) is 10.8. The van der Waals surface area contributed by atoms with Gasteiger partial charge >= 0.3 is 0 Å². The molecule has 0 radical (unpaired) electrons. The predicted molar refractivity (Wildman–Crippen MR) is 132 cm³/mol. The number of likely N-dealkylation sites (N-methyl/N-ethyl adjacent to an activating group) is 1. The van der Waals surface area contributed by atoms with Crippen molar-refractivity contribution in [2.75, 3.05) is 18.9 Å². The summed E-state index contributed by atoms with van der Waals surface area (Å²) in [4.78, 5) is 45.1. The van der Waals surface area contributed by atoms with Gasteiger partial charge in [-0.05, 0) is 62.0 Å². The van der Waals surface area contributed by atoms with E-state index in [1.54, 1.807) is 4.90 Å². The summed E-state index contributed by atoms with van der Waals surface area (Å²) >= 11 is 0. The van der Waals surface area contributed by atoms with Gasteiger partial charge in [-0.1, -0.05) is 26.8 Å². The molecule has 6 heterocycles. The molecule has 5 fully saturated rings. The number of nitrogens with one attached hydrogen (secondary N) is 1. The summed E-state index contributed by atoms with van der Waals surface area (Å²) in [5, 5.41) is 15.1. The number of ether oxygens (including phenoxy) is 1. The SMILES string of the molecule is C[C@H]1CN2[C@@H](O)[C@]34C[C@@]5(C(=O)Nc6c5ccc5c6C(=O)CC(C)(C)O5)C(C)(C)[C@@H]3C[C@@]2(C1)C(=O)N4C. The molecule has 7 aliphatic rings. The minimum absolute atomic E-state index is 0.0383. The van der Waals surface area contributed by atoms with E-state index in [0.29, 0.717) is 42.3 Å². The molecule has 36 heavy (non-hydrogen) atoms. The third kappa shape index (κ3) is 2.13. The van der Waals surface area contributed by atoms with E-state index in [0.717, 1.165) is 12.0 Å². The summed E-state index contributed by atoms with van der Waals surface area (Å²) < 4.78 is 6.13. The molecule has 2 bridgehead atoms. The van der Waals surface area contributed by atoms with Crippen LogP contribution < -0.4 is 10.1 Å². The first kappa shape index (κ1) is 22.7. The molecule has 1 saturated carbocycles. The molecule has 2 N–H and O–H groups in total. The first-order chi connectivity index (χ1) is 16.7. The molecule has 4 saturated heterocycles. The van der Waals surface area contributed by atoms with Gasteiger partial charge in [0.05, 0.1) is 28.6 Å². The molecule has 6 atom stereocenters. The number of carbonyl (C=O) groups is 3. The molecular weight excluding hydrogens is 458 g/mol. The van der Waals surface area contributed by atoms with Gasteiger partial charge in [-0.25, -0.2) is 0 Å². The lowest BCUT2D eigenvalue weighted by atomic mass is 9.57. The van der Waals surface area contributed by atoms with Crippen LogP contribution in [0.5, 0.6) is 5.75 Å². The normalized spacial score (nSPS) is 43.2. The number of anilines is 1. The molecule has 3 spiro atoms. The highest BCUT2D eigenvalue weighted by Gasteiger charge is 2.82. The van der Waals surface area contributed by atoms with E-state index in [4.69, 9.17) is 4.74 Å². The van der Waals surface area contributed by atoms with Crippen LogP contribution in [0.3, 0.4) is 0 Å². The highest BCUT2D eigenvalue weighted by Crippen LogP contribution is 2.73. The molecule has 8 nitrogen and oxygen atoms in total. The number of fused-ring (bicyclic) bond motifs is 5. The maximum atomic E-state index is 14.1. The Morgan fingerprint density at radius 1 is 1.11 bits per heavy atom. The summed E-state index contributed by atoms with van der Waals surface area (Å²) in [5.41, 5.74) is -1.98. The van der Waals surface area contributed by atoms with Gasteiger partial charge < -0.3 is 20.1 Å². The van der Waals surface area contributed by atoms with Gasteiger partial charge in [-0.2, -0.15) is 0 Å². The molecule has 0 unspecified atom stereocenters. The van der Waals surface area contributed by atoms with Crippen LogP contribution in [0.4, 0.5) is 5.69 Å². The minimum atomic E-state index is -0.984. The fourth-order valence-corrected chi connectivity index (χ4v) is 9.53. The number of aliphatic hydroxyl groups is 1. The van der Waals surface area contributed by atoms with Crippen LogP contribution in [-0.2, 0) is 15.0 Å². The van der Waals surface area contributed by atoms with Crippen molar-refractivity contribution in [1.82, 2.24) is 9.80 Å². The van der Waals surface area contributed by atoms with Crippen molar-refractivity contribution in [1.29, 1.82) is 0 Å². The van der Waals surface area contributed by atoms with E-state index in [1.807, 2.05) is 37.9 Å². The molecule has 6 aliphatic heterocycles. The summed E-state index contributed by atoms with van der Waals surface area (Å²) in [6, 6.07) is 3.75. The Labute approximate surface area is 211 Å². The van der Waals surface area contributed by atoms with E-state index < -0.39 is 33.7 Å². The summed E-state index contributed by atoms with van der Waals surface area (Å²) in [7, 11) is 1.81. The number of nitrogens with zero attached hydrogens (tertiary/aromatic N) is 2. The van der Waals surface area contributed by atoms with Crippen LogP contribution in [0.15, 0.2) is 12.1 Å². The largest absolute Gasteiger partial charge is 0.487 e. The zero-order valence-electron chi connectivity index (χ0n) is 21.9. The molecule has 192 valence electrons. The standard InChI is InChI=1S/C28H35N3O5/c1-14-9-26-11-18-25(4,5)27(13-28(18,30(6)22(26)34)23(35)31(26)12-14)15-7-8-17-19(20(15)29-21(27)33)16(32)10-24(2,3)36-17/h7-8,14,18,23,35H,9-13H2,1-6H3,(H,29,33)/t14-,18+,23+,26+,27-,28+/m1/s1. The molecular formula is C28H35N3O5. The summed E-state index contributed by atoms with van der Waals surface area (Å²) in [5.74, 6) is 0.614. The molecule has 1 aromatic carbocycles. The fourth-order valence-electron chi connectivity index (χ4n) is 9.53. The number of benzene rings is 1. The van der Waals surface area contributed by atoms with Crippen molar-refractivity contribution in [3.63, 3.8) is 0 Å². The molecule has 8 heteroatoms. The van der Waals surface area contributed by atoms with Gasteiger partial charge in [0.25, 0.3) is 0 Å². The Morgan fingerprint density at radius 3 is 2.56 bits per heavy atom. The van der Waals surface area contributed by atoms with Gasteiger partial charge in [0.2, 0.25) is 11.8 Å². The number of amides is 2. The maximum absolute atomic E-state index is 14.1. The molecule has 1 aromatic rings.